The number of Topliss-reactive ketones (excluding diaryl/α,β-unsaturated/α-hetero) is 1. The fourth-order valence-electron chi connectivity index (χ4n) is 4.14. The summed E-state index contributed by atoms with van der Waals surface area (Å²) in [6.45, 7) is 10.5. The number of carbonyl (C=O) groups excluding carboxylic acids is 2. The molecule has 3 heteroatoms. The molecule has 1 saturated carbocycles. The Bertz CT molecular complexity index is 598. The Morgan fingerprint density at radius 1 is 1.17 bits per heavy atom. The molecular weight excluding hydrogens is 288 g/mol. The van der Waals surface area contributed by atoms with E-state index in [0.717, 1.165) is 18.4 Å². The fourth-order valence-corrected chi connectivity index (χ4v) is 4.14. The van der Waals surface area contributed by atoms with Crippen molar-refractivity contribution in [2.24, 2.45) is 23.2 Å². The normalized spacial score (nSPS) is 46.7. The van der Waals surface area contributed by atoms with Crippen molar-refractivity contribution in [1.82, 2.24) is 0 Å². The van der Waals surface area contributed by atoms with Crippen LogP contribution in [-0.4, -0.2) is 23.3 Å². The summed E-state index contributed by atoms with van der Waals surface area (Å²) in [5.74, 6) is 1.70. The van der Waals surface area contributed by atoms with Gasteiger partial charge in [0.2, 0.25) is 0 Å². The molecule has 0 aromatic rings. The SMILES string of the molecule is C/C1=C\[C@H]2[C@H](CC[C@H](C)CC(=O)[C@@H]3O[C@]3(C)/C=C/C1=O)C2(C)C. The van der Waals surface area contributed by atoms with E-state index < -0.39 is 5.60 Å². The summed E-state index contributed by atoms with van der Waals surface area (Å²) >= 11 is 0. The quantitative estimate of drug-likeness (QED) is 0.637. The molecular formula is C20H28O3. The predicted octanol–water partition coefficient (Wildman–Crippen LogP) is 3.88. The van der Waals surface area contributed by atoms with Crippen molar-refractivity contribution in [3.05, 3.63) is 23.8 Å². The highest BCUT2D eigenvalue weighted by molar-refractivity contribution is 6.03. The largest absolute Gasteiger partial charge is 0.354 e. The van der Waals surface area contributed by atoms with Crippen LogP contribution in [0.1, 0.15) is 53.9 Å². The summed E-state index contributed by atoms with van der Waals surface area (Å²) in [7, 11) is 0. The average molecular weight is 316 g/mol. The van der Waals surface area contributed by atoms with Crippen LogP contribution in [0.3, 0.4) is 0 Å². The second-order valence-corrected chi connectivity index (χ2v) is 8.54. The van der Waals surface area contributed by atoms with E-state index in [2.05, 4.69) is 26.8 Å². The molecule has 3 rings (SSSR count). The first-order valence-electron chi connectivity index (χ1n) is 8.77. The standard InChI is InChI=1S/C20H28O3/c1-12-6-7-14-15(19(14,3)4)11-13(2)16(21)8-9-20(5)18(23-20)17(22)10-12/h8-9,11-12,14-15,18H,6-7,10H2,1-5H3/b9-8+,13-11+/t12-,14-,15-,18-,20+/m0/s1. The lowest BCUT2D eigenvalue weighted by Gasteiger charge is -2.11. The molecule has 0 unspecified atom stereocenters. The minimum Gasteiger partial charge on any atom is -0.354 e. The molecule has 0 bridgehead atoms. The molecule has 1 aliphatic heterocycles. The van der Waals surface area contributed by atoms with Crippen LogP contribution in [0.5, 0.6) is 0 Å². The van der Waals surface area contributed by atoms with Crippen LogP contribution in [-0.2, 0) is 14.3 Å². The Morgan fingerprint density at radius 3 is 2.57 bits per heavy atom. The number of ketones is 2. The second kappa shape index (κ2) is 5.41. The van der Waals surface area contributed by atoms with Crippen molar-refractivity contribution in [3.8, 4) is 0 Å². The molecule has 0 spiro atoms. The summed E-state index contributed by atoms with van der Waals surface area (Å²) in [6, 6.07) is 0. The highest BCUT2D eigenvalue weighted by Crippen LogP contribution is 2.61. The lowest BCUT2D eigenvalue weighted by atomic mass is 9.92. The first kappa shape index (κ1) is 16.6. The van der Waals surface area contributed by atoms with Crippen LogP contribution in [0.25, 0.3) is 0 Å². The van der Waals surface area contributed by atoms with Gasteiger partial charge in [0.15, 0.2) is 11.6 Å². The lowest BCUT2D eigenvalue weighted by molar-refractivity contribution is -0.121. The smallest absolute Gasteiger partial charge is 0.181 e. The van der Waals surface area contributed by atoms with Gasteiger partial charge in [0.05, 0.1) is 0 Å². The Hall–Kier alpha value is -1.22. The number of hydrogen-bond acceptors (Lipinski definition) is 3. The molecule has 1 heterocycles. The molecule has 126 valence electrons. The monoisotopic (exact) mass is 316 g/mol. The van der Waals surface area contributed by atoms with Gasteiger partial charge >= 0.3 is 0 Å². The van der Waals surface area contributed by atoms with E-state index in [4.69, 9.17) is 4.74 Å². The van der Waals surface area contributed by atoms with Gasteiger partial charge in [0, 0.05) is 6.42 Å². The van der Waals surface area contributed by atoms with E-state index in [-0.39, 0.29) is 23.1 Å². The summed E-state index contributed by atoms with van der Waals surface area (Å²) in [5.41, 5.74) is 0.490. The maximum absolute atomic E-state index is 12.4. The topological polar surface area (TPSA) is 46.7 Å². The molecule has 0 radical (unpaired) electrons. The van der Waals surface area contributed by atoms with Gasteiger partial charge < -0.3 is 4.74 Å². The van der Waals surface area contributed by atoms with Crippen molar-refractivity contribution < 1.29 is 14.3 Å². The van der Waals surface area contributed by atoms with Crippen LogP contribution in [0.2, 0.25) is 0 Å². The molecule has 0 aromatic heterocycles. The lowest BCUT2D eigenvalue weighted by Crippen LogP contribution is -2.18. The molecule has 0 aromatic carbocycles. The number of carbonyl (C=O) groups is 2. The van der Waals surface area contributed by atoms with Crippen LogP contribution in [0, 0.1) is 23.2 Å². The molecule has 2 aliphatic carbocycles. The minimum atomic E-state index is -0.585. The van der Waals surface area contributed by atoms with Crippen LogP contribution in [0.15, 0.2) is 23.8 Å². The van der Waals surface area contributed by atoms with Crippen molar-refractivity contribution in [2.45, 2.75) is 65.6 Å². The van der Waals surface area contributed by atoms with Gasteiger partial charge in [-0.05, 0) is 67.6 Å². The van der Waals surface area contributed by atoms with Gasteiger partial charge in [-0.15, -0.1) is 0 Å². The van der Waals surface area contributed by atoms with Crippen LogP contribution >= 0.6 is 0 Å². The highest BCUT2D eigenvalue weighted by atomic mass is 16.6. The van der Waals surface area contributed by atoms with Gasteiger partial charge in [-0.2, -0.15) is 0 Å². The average Bonchev–Trinajstić information content (AvgIpc) is 3.28. The zero-order chi connectivity index (χ0) is 17.0. The molecule has 5 atom stereocenters. The first-order valence-corrected chi connectivity index (χ1v) is 8.77. The maximum Gasteiger partial charge on any atom is 0.181 e. The van der Waals surface area contributed by atoms with Crippen molar-refractivity contribution >= 4 is 11.6 Å². The third-order valence-corrected chi connectivity index (χ3v) is 6.17. The van der Waals surface area contributed by atoms with E-state index in [1.165, 1.54) is 0 Å². The zero-order valence-electron chi connectivity index (χ0n) is 14.9. The Kier molecular flexibility index (Phi) is 3.91. The predicted molar refractivity (Wildman–Crippen MR) is 90.0 cm³/mol. The summed E-state index contributed by atoms with van der Waals surface area (Å²) in [6.07, 6.45) is 7.91. The summed E-state index contributed by atoms with van der Waals surface area (Å²) in [5, 5.41) is 0. The molecule has 0 amide bonds. The van der Waals surface area contributed by atoms with Crippen molar-refractivity contribution in [1.29, 1.82) is 0 Å². The number of hydrogen-bond donors (Lipinski definition) is 0. The minimum absolute atomic E-state index is 0.0276. The third-order valence-electron chi connectivity index (χ3n) is 6.17. The van der Waals surface area contributed by atoms with E-state index in [1.54, 1.807) is 12.2 Å². The van der Waals surface area contributed by atoms with E-state index in [9.17, 15) is 9.59 Å². The highest BCUT2D eigenvalue weighted by Gasteiger charge is 2.56. The third kappa shape index (κ3) is 3.08. The molecule has 23 heavy (non-hydrogen) atoms. The Labute approximate surface area is 139 Å². The zero-order valence-corrected chi connectivity index (χ0v) is 14.9. The van der Waals surface area contributed by atoms with Crippen LogP contribution in [0.4, 0.5) is 0 Å². The van der Waals surface area contributed by atoms with Crippen molar-refractivity contribution in [2.75, 3.05) is 0 Å². The molecule has 0 N–H and O–H groups in total. The van der Waals surface area contributed by atoms with Gasteiger partial charge in [0.25, 0.3) is 0 Å². The fraction of sp³-hybridized carbons (Fsp3) is 0.700. The van der Waals surface area contributed by atoms with E-state index in [0.29, 0.717) is 24.2 Å². The van der Waals surface area contributed by atoms with E-state index in [1.807, 2.05) is 13.8 Å². The second-order valence-electron chi connectivity index (χ2n) is 8.54. The number of allylic oxidation sites excluding steroid dienone is 3. The van der Waals surface area contributed by atoms with Crippen molar-refractivity contribution in [3.63, 3.8) is 0 Å². The van der Waals surface area contributed by atoms with Gasteiger partial charge in [0.1, 0.15) is 11.7 Å². The maximum atomic E-state index is 12.4. The number of rotatable bonds is 0. The molecule has 2 fully saturated rings. The number of epoxide rings is 1. The van der Waals surface area contributed by atoms with Gasteiger partial charge in [-0.25, -0.2) is 0 Å². The summed E-state index contributed by atoms with van der Waals surface area (Å²) in [4.78, 5) is 24.7. The Balaban J connectivity index is 1.83. The van der Waals surface area contributed by atoms with Gasteiger partial charge in [-0.1, -0.05) is 26.8 Å². The number of fused-ring (bicyclic) bond motifs is 2. The Morgan fingerprint density at radius 2 is 1.87 bits per heavy atom. The van der Waals surface area contributed by atoms with E-state index >= 15 is 0 Å². The van der Waals surface area contributed by atoms with Gasteiger partial charge in [-0.3, -0.25) is 9.59 Å². The molecule has 3 aliphatic rings. The molecule has 3 nitrogen and oxygen atoms in total. The number of ether oxygens (including phenoxy) is 1. The molecule has 1 saturated heterocycles. The summed E-state index contributed by atoms with van der Waals surface area (Å²) < 4.78 is 5.58. The first-order chi connectivity index (χ1) is 10.6. The van der Waals surface area contributed by atoms with Crippen LogP contribution < -0.4 is 0 Å².